The number of hydrogen-bond acceptors (Lipinski definition) is 4. The zero-order valence-corrected chi connectivity index (χ0v) is 12.4. The van der Waals surface area contributed by atoms with Gasteiger partial charge >= 0.3 is 0 Å². The maximum absolute atomic E-state index is 5.59. The van der Waals surface area contributed by atoms with Gasteiger partial charge in [0.25, 0.3) is 0 Å². The van der Waals surface area contributed by atoms with Crippen molar-refractivity contribution in [3.05, 3.63) is 23.8 Å². The molecule has 4 nitrogen and oxygen atoms in total. The summed E-state index contributed by atoms with van der Waals surface area (Å²) in [5.74, 6) is 1.66. The minimum absolute atomic E-state index is 0.505. The van der Waals surface area contributed by atoms with Gasteiger partial charge in [-0.1, -0.05) is 19.9 Å². The molecule has 0 heterocycles. The Morgan fingerprint density at radius 2 is 1.89 bits per heavy atom. The van der Waals surface area contributed by atoms with Crippen molar-refractivity contribution in [2.75, 3.05) is 34.0 Å². The fourth-order valence-electron chi connectivity index (χ4n) is 1.76. The van der Waals surface area contributed by atoms with Crippen LogP contribution in [0, 0.1) is 0 Å². The molecule has 1 aromatic rings. The summed E-state index contributed by atoms with van der Waals surface area (Å²) in [5, 5.41) is 3.32. The summed E-state index contributed by atoms with van der Waals surface area (Å²) >= 11 is 0. The Morgan fingerprint density at radius 1 is 1.11 bits per heavy atom. The van der Waals surface area contributed by atoms with Gasteiger partial charge in [0.1, 0.15) is 11.5 Å². The van der Waals surface area contributed by atoms with Crippen LogP contribution < -0.4 is 14.8 Å². The predicted octanol–water partition coefficient (Wildman–Crippen LogP) is 2.26. The van der Waals surface area contributed by atoms with Crippen LogP contribution in [-0.2, 0) is 11.2 Å². The van der Waals surface area contributed by atoms with E-state index >= 15 is 0 Å². The highest BCUT2D eigenvalue weighted by Crippen LogP contribution is 2.24. The first-order valence-electron chi connectivity index (χ1n) is 6.69. The Kier molecular flexibility index (Phi) is 7.30. The van der Waals surface area contributed by atoms with Crippen LogP contribution in [0.4, 0.5) is 0 Å². The van der Waals surface area contributed by atoms with Crippen LogP contribution in [0.5, 0.6) is 11.5 Å². The van der Waals surface area contributed by atoms with Crippen molar-refractivity contribution in [2.45, 2.75) is 26.3 Å². The smallest absolute Gasteiger partial charge is 0.125 e. The van der Waals surface area contributed by atoms with E-state index in [2.05, 4.69) is 19.2 Å². The lowest BCUT2D eigenvalue weighted by molar-refractivity contribution is 0.137. The molecule has 0 radical (unpaired) electrons. The van der Waals surface area contributed by atoms with Crippen LogP contribution in [0.25, 0.3) is 0 Å². The second-order valence-electron chi connectivity index (χ2n) is 4.65. The Balaban J connectivity index is 2.32. The van der Waals surface area contributed by atoms with Gasteiger partial charge in [-0.05, 0) is 18.1 Å². The van der Waals surface area contributed by atoms with E-state index in [4.69, 9.17) is 14.2 Å². The minimum Gasteiger partial charge on any atom is -0.497 e. The summed E-state index contributed by atoms with van der Waals surface area (Å²) in [7, 11) is 3.32. The largest absolute Gasteiger partial charge is 0.497 e. The highest BCUT2D eigenvalue weighted by Gasteiger charge is 2.04. The topological polar surface area (TPSA) is 39.7 Å². The van der Waals surface area contributed by atoms with Crippen molar-refractivity contribution in [1.82, 2.24) is 5.32 Å². The summed E-state index contributed by atoms with van der Waals surface area (Å²) in [5.41, 5.74) is 1.14. The molecular weight excluding hydrogens is 242 g/mol. The van der Waals surface area contributed by atoms with Crippen molar-refractivity contribution in [3.8, 4) is 11.5 Å². The molecule has 0 bridgehead atoms. The summed E-state index contributed by atoms with van der Waals surface area (Å²) < 4.78 is 16.1. The van der Waals surface area contributed by atoms with E-state index in [9.17, 15) is 0 Å². The Hall–Kier alpha value is -1.26. The van der Waals surface area contributed by atoms with Crippen molar-refractivity contribution in [2.24, 2.45) is 0 Å². The van der Waals surface area contributed by atoms with Crippen molar-refractivity contribution >= 4 is 0 Å². The molecule has 0 fully saturated rings. The molecule has 0 aliphatic rings. The normalized spacial score (nSPS) is 10.8. The predicted molar refractivity (Wildman–Crippen MR) is 77.2 cm³/mol. The molecule has 19 heavy (non-hydrogen) atoms. The fourth-order valence-corrected chi connectivity index (χ4v) is 1.76. The number of rotatable bonds is 9. The van der Waals surface area contributed by atoms with Gasteiger partial charge < -0.3 is 19.5 Å². The molecule has 1 aromatic carbocycles. The second-order valence-corrected chi connectivity index (χ2v) is 4.65. The van der Waals surface area contributed by atoms with E-state index in [0.29, 0.717) is 12.6 Å². The third-order valence-corrected chi connectivity index (χ3v) is 2.81. The molecule has 1 N–H and O–H groups in total. The Morgan fingerprint density at radius 3 is 2.53 bits per heavy atom. The first-order chi connectivity index (χ1) is 9.17. The van der Waals surface area contributed by atoms with Gasteiger partial charge in [-0.25, -0.2) is 0 Å². The molecule has 0 saturated carbocycles. The Labute approximate surface area is 116 Å². The quantitative estimate of drug-likeness (QED) is 0.697. The summed E-state index contributed by atoms with van der Waals surface area (Å²) in [6.07, 6.45) is 0.842. The third-order valence-electron chi connectivity index (χ3n) is 2.81. The van der Waals surface area contributed by atoms with E-state index in [-0.39, 0.29) is 0 Å². The summed E-state index contributed by atoms with van der Waals surface area (Å²) in [6, 6.07) is 6.37. The molecular formula is C15H25NO3. The van der Waals surface area contributed by atoms with E-state index in [1.807, 2.05) is 18.2 Å². The average molecular weight is 267 g/mol. The zero-order valence-electron chi connectivity index (χ0n) is 12.4. The zero-order chi connectivity index (χ0) is 14.1. The SMILES string of the molecule is COc1ccc(CCOCCNC(C)C)c(OC)c1. The lowest BCUT2D eigenvalue weighted by atomic mass is 10.1. The number of methoxy groups -OCH3 is 2. The van der Waals surface area contributed by atoms with Crippen molar-refractivity contribution < 1.29 is 14.2 Å². The van der Waals surface area contributed by atoms with Crippen molar-refractivity contribution in [3.63, 3.8) is 0 Å². The number of nitrogens with one attached hydrogen (secondary N) is 1. The van der Waals surface area contributed by atoms with E-state index in [1.54, 1.807) is 14.2 Å². The lowest BCUT2D eigenvalue weighted by Gasteiger charge is -2.11. The van der Waals surface area contributed by atoms with Gasteiger partial charge in [-0.3, -0.25) is 0 Å². The molecule has 4 heteroatoms. The summed E-state index contributed by atoms with van der Waals surface area (Å²) in [6.45, 7) is 6.57. The molecule has 0 aliphatic carbocycles. The maximum atomic E-state index is 5.59. The lowest BCUT2D eigenvalue weighted by Crippen LogP contribution is -2.26. The number of ether oxygens (including phenoxy) is 3. The van der Waals surface area contributed by atoms with Crippen LogP contribution in [0.3, 0.4) is 0 Å². The van der Waals surface area contributed by atoms with Crippen LogP contribution in [-0.4, -0.2) is 40.0 Å². The maximum Gasteiger partial charge on any atom is 0.125 e. The standard InChI is InChI=1S/C15H25NO3/c1-12(2)16-8-10-19-9-7-13-5-6-14(17-3)11-15(13)18-4/h5-6,11-12,16H,7-10H2,1-4H3. The third kappa shape index (κ3) is 5.94. The average Bonchev–Trinajstić information content (AvgIpc) is 2.42. The van der Waals surface area contributed by atoms with Gasteiger partial charge in [0, 0.05) is 18.7 Å². The van der Waals surface area contributed by atoms with Crippen LogP contribution in [0.15, 0.2) is 18.2 Å². The fraction of sp³-hybridized carbons (Fsp3) is 0.600. The highest BCUT2D eigenvalue weighted by molar-refractivity contribution is 5.40. The molecule has 0 spiro atoms. The van der Waals surface area contributed by atoms with Gasteiger partial charge in [-0.15, -0.1) is 0 Å². The first-order valence-corrected chi connectivity index (χ1v) is 6.69. The minimum atomic E-state index is 0.505. The van der Waals surface area contributed by atoms with E-state index < -0.39 is 0 Å². The highest BCUT2D eigenvalue weighted by atomic mass is 16.5. The molecule has 1 rings (SSSR count). The van der Waals surface area contributed by atoms with Crippen LogP contribution in [0.2, 0.25) is 0 Å². The van der Waals surface area contributed by atoms with E-state index in [1.165, 1.54) is 0 Å². The molecule has 0 amide bonds. The molecule has 0 unspecified atom stereocenters. The van der Waals surface area contributed by atoms with Gasteiger partial charge in [0.2, 0.25) is 0 Å². The van der Waals surface area contributed by atoms with Crippen LogP contribution >= 0.6 is 0 Å². The molecule has 0 aliphatic heterocycles. The second kappa shape index (κ2) is 8.77. The van der Waals surface area contributed by atoms with Gasteiger partial charge in [-0.2, -0.15) is 0 Å². The van der Waals surface area contributed by atoms with E-state index in [0.717, 1.165) is 36.6 Å². The molecule has 0 saturated heterocycles. The number of benzene rings is 1. The van der Waals surface area contributed by atoms with Gasteiger partial charge in [0.15, 0.2) is 0 Å². The first kappa shape index (κ1) is 15.8. The monoisotopic (exact) mass is 267 g/mol. The van der Waals surface area contributed by atoms with Gasteiger partial charge in [0.05, 0.1) is 27.4 Å². The van der Waals surface area contributed by atoms with Crippen molar-refractivity contribution in [1.29, 1.82) is 0 Å². The molecule has 108 valence electrons. The molecule has 0 aromatic heterocycles. The van der Waals surface area contributed by atoms with Crippen LogP contribution in [0.1, 0.15) is 19.4 Å². The Bertz CT molecular complexity index is 366. The summed E-state index contributed by atoms with van der Waals surface area (Å²) in [4.78, 5) is 0. The number of hydrogen-bond donors (Lipinski definition) is 1. The molecule has 0 atom stereocenters.